The van der Waals surface area contributed by atoms with Gasteiger partial charge in [0, 0.05) is 6.04 Å². The number of carbonyl (C=O) groups excluding carboxylic acids is 1. The standard InChI is InChI=1S/C13H25N3O/c1-10(2)8-12-14-9-13(17)16(12)11-4-6-15(3)7-5-11/h10-12,14H,4-9H2,1-3H3. The summed E-state index contributed by atoms with van der Waals surface area (Å²) in [6.07, 6.45) is 3.59. The van der Waals surface area contributed by atoms with Crippen molar-refractivity contribution in [1.29, 1.82) is 0 Å². The SMILES string of the molecule is CC(C)CC1NCC(=O)N1C1CCN(C)CC1. The topological polar surface area (TPSA) is 35.6 Å². The highest BCUT2D eigenvalue weighted by molar-refractivity contribution is 5.81. The van der Waals surface area contributed by atoms with Crippen molar-refractivity contribution in [3.63, 3.8) is 0 Å². The average molecular weight is 239 g/mol. The minimum atomic E-state index is 0.274. The van der Waals surface area contributed by atoms with Crippen molar-refractivity contribution in [2.24, 2.45) is 5.92 Å². The summed E-state index contributed by atoms with van der Waals surface area (Å²) in [5.41, 5.74) is 0. The van der Waals surface area contributed by atoms with Gasteiger partial charge in [-0.2, -0.15) is 0 Å². The predicted molar refractivity (Wildman–Crippen MR) is 68.6 cm³/mol. The fraction of sp³-hybridized carbons (Fsp3) is 0.923. The number of nitrogens with one attached hydrogen (secondary N) is 1. The molecule has 0 aliphatic carbocycles. The molecule has 2 aliphatic heterocycles. The van der Waals surface area contributed by atoms with E-state index in [4.69, 9.17) is 0 Å². The molecule has 17 heavy (non-hydrogen) atoms. The van der Waals surface area contributed by atoms with Crippen molar-refractivity contribution in [3.05, 3.63) is 0 Å². The Morgan fingerprint density at radius 3 is 2.59 bits per heavy atom. The number of piperidine rings is 1. The molecule has 2 rings (SSSR count). The lowest BCUT2D eigenvalue weighted by molar-refractivity contribution is -0.131. The molecule has 0 radical (unpaired) electrons. The fourth-order valence-electron chi connectivity index (χ4n) is 2.94. The summed E-state index contributed by atoms with van der Waals surface area (Å²) < 4.78 is 0. The molecular formula is C13H25N3O. The Labute approximate surface area is 104 Å². The molecule has 4 heteroatoms. The maximum Gasteiger partial charge on any atom is 0.238 e. The predicted octanol–water partition coefficient (Wildman–Crippen LogP) is 0.885. The third kappa shape index (κ3) is 2.99. The van der Waals surface area contributed by atoms with Crippen molar-refractivity contribution in [1.82, 2.24) is 15.1 Å². The lowest BCUT2D eigenvalue weighted by Crippen LogP contribution is -2.49. The Kier molecular flexibility index (Phi) is 4.05. The van der Waals surface area contributed by atoms with Crippen LogP contribution in [-0.2, 0) is 4.79 Å². The highest BCUT2D eigenvalue weighted by Gasteiger charge is 2.36. The Morgan fingerprint density at radius 1 is 1.35 bits per heavy atom. The van der Waals surface area contributed by atoms with E-state index in [0.717, 1.165) is 32.4 Å². The van der Waals surface area contributed by atoms with Gasteiger partial charge in [-0.05, 0) is 45.3 Å². The molecule has 98 valence electrons. The summed E-state index contributed by atoms with van der Waals surface area (Å²) in [6.45, 7) is 7.20. The summed E-state index contributed by atoms with van der Waals surface area (Å²) in [4.78, 5) is 16.5. The summed E-state index contributed by atoms with van der Waals surface area (Å²) in [5, 5.41) is 3.36. The normalized spacial score (nSPS) is 28.4. The van der Waals surface area contributed by atoms with E-state index in [0.29, 0.717) is 24.4 Å². The van der Waals surface area contributed by atoms with Crippen LogP contribution < -0.4 is 5.32 Å². The van der Waals surface area contributed by atoms with Crippen molar-refractivity contribution in [2.75, 3.05) is 26.7 Å². The highest BCUT2D eigenvalue weighted by atomic mass is 16.2. The summed E-state index contributed by atoms with van der Waals surface area (Å²) in [6, 6.07) is 0.456. The number of amides is 1. The molecule has 2 fully saturated rings. The molecule has 0 aromatic rings. The summed E-state index contributed by atoms with van der Waals surface area (Å²) in [7, 11) is 2.16. The molecule has 1 amide bonds. The van der Waals surface area contributed by atoms with Gasteiger partial charge in [0.05, 0.1) is 12.7 Å². The van der Waals surface area contributed by atoms with Gasteiger partial charge in [-0.25, -0.2) is 0 Å². The second kappa shape index (κ2) is 5.36. The van der Waals surface area contributed by atoms with Crippen LogP contribution in [0, 0.1) is 5.92 Å². The molecule has 0 saturated carbocycles. The van der Waals surface area contributed by atoms with Gasteiger partial charge in [0.25, 0.3) is 0 Å². The van der Waals surface area contributed by atoms with Crippen LogP contribution in [0.5, 0.6) is 0 Å². The van der Waals surface area contributed by atoms with Gasteiger partial charge in [-0.3, -0.25) is 10.1 Å². The van der Waals surface area contributed by atoms with Crippen LogP contribution in [0.15, 0.2) is 0 Å². The zero-order valence-corrected chi connectivity index (χ0v) is 11.3. The molecule has 1 N–H and O–H groups in total. The monoisotopic (exact) mass is 239 g/mol. The number of carbonyl (C=O) groups is 1. The second-order valence-electron chi connectivity index (χ2n) is 5.86. The van der Waals surface area contributed by atoms with Gasteiger partial charge >= 0.3 is 0 Å². The first-order chi connectivity index (χ1) is 8.08. The van der Waals surface area contributed by atoms with Crippen LogP contribution in [0.1, 0.15) is 33.1 Å². The van der Waals surface area contributed by atoms with E-state index < -0.39 is 0 Å². The lowest BCUT2D eigenvalue weighted by Gasteiger charge is -2.38. The molecule has 0 aromatic heterocycles. The van der Waals surface area contributed by atoms with Gasteiger partial charge in [-0.15, -0.1) is 0 Å². The number of likely N-dealkylation sites (tertiary alicyclic amines) is 1. The van der Waals surface area contributed by atoms with Crippen LogP contribution in [0.25, 0.3) is 0 Å². The van der Waals surface area contributed by atoms with Crippen LogP contribution >= 0.6 is 0 Å². The van der Waals surface area contributed by atoms with Gasteiger partial charge in [-0.1, -0.05) is 13.8 Å². The first kappa shape index (κ1) is 12.8. The first-order valence-corrected chi connectivity index (χ1v) is 6.81. The van der Waals surface area contributed by atoms with E-state index >= 15 is 0 Å². The zero-order valence-electron chi connectivity index (χ0n) is 11.3. The van der Waals surface area contributed by atoms with Crippen molar-refractivity contribution >= 4 is 5.91 Å². The van der Waals surface area contributed by atoms with Crippen LogP contribution in [0.3, 0.4) is 0 Å². The molecule has 1 atom stereocenters. The minimum absolute atomic E-state index is 0.274. The number of hydrogen-bond acceptors (Lipinski definition) is 3. The Hall–Kier alpha value is -0.610. The molecule has 1 unspecified atom stereocenters. The maximum absolute atomic E-state index is 12.0. The van der Waals surface area contributed by atoms with E-state index in [2.05, 4.69) is 36.0 Å². The number of hydrogen-bond donors (Lipinski definition) is 1. The maximum atomic E-state index is 12.0. The van der Waals surface area contributed by atoms with Crippen LogP contribution in [0.2, 0.25) is 0 Å². The Bertz CT molecular complexity index is 272. The largest absolute Gasteiger partial charge is 0.323 e. The van der Waals surface area contributed by atoms with E-state index in [1.807, 2.05) is 0 Å². The smallest absolute Gasteiger partial charge is 0.238 e. The molecule has 0 bridgehead atoms. The third-order valence-corrected chi connectivity index (χ3v) is 3.89. The van der Waals surface area contributed by atoms with Crippen molar-refractivity contribution < 1.29 is 4.79 Å². The van der Waals surface area contributed by atoms with E-state index in [-0.39, 0.29) is 6.17 Å². The van der Waals surface area contributed by atoms with Crippen LogP contribution in [-0.4, -0.2) is 54.6 Å². The zero-order chi connectivity index (χ0) is 12.4. The minimum Gasteiger partial charge on any atom is -0.323 e. The summed E-state index contributed by atoms with van der Waals surface area (Å²) >= 11 is 0. The lowest BCUT2D eigenvalue weighted by atomic mass is 10.0. The average Bonchev–Trinajstić information content (AvgIpc) is 2.61. The Morgan fingerprint density at radius 2 is 2.00 bits per heavy atom. The molecule has 2 saturated heterocycles. The highest BCUT2D eigenvalue weighted by Crippen LogP contribution is 2.23. The third-order valence-electron chi connectivity index (χ3n) is 3.89. The fourth-order valence-corrected chi connectivity index (χ4v) is 2.94. The van der Waals surface area contributed by atoms with E-state index in [1.54, 1.807) is 0 Å². The van der Waals surface area contributed by atoms with Gasteiger partial charge in [0.2, 0.25) is 5.91 Å². The van der Waals surface area contributed by atoms with Gasteiger partial charge < -0.3 is 9.80 Å². The summed E-state index contributed by atoms with van der Waals surface area (Å²) in [5.74, 6) is 0.928. The van der Waals surface area contributed by atoms with Crippen molar-refractivity contribution in [2.45, 2.75) is 45.3 Å². The second-order valence-corrected chi connectivity index (χ2v) is 5.86. The quantitative estimate of drug-likeness (QED) is 0.794. The molecule has 0 aromatic carbocycles. The molecular weight excluding hydrogens is 214 g/mol. The van der Waals surface area contributed by atoms with E-state index in [9.17, 15) is 4.79 Å². The van der Waals surface area contributed by atoms with Gasteiger partial charge in [0.15, 0.2) is 0 Å². The molecule has 0 spiro atoms. The molecule has 4 nitrogen and oxygen atoms in total. The van der Waals surface area contributed by atoms with Crippen molar-refractivity contribution in [3.8, 4) is 0 Å². The number of nitrogens with zero attached hydrogens (tertiary/aromatic N) is 2. The molecule has 2 heterocycles. The van der Waals surface area contributed by atoms with Gasteiger partial charge in [0.1, 0.15) is 0 Å². The van der Waals surface area contributed by atoms with Crippen LogP contribution in [0.4, 0.5) is 0 Å². The molecule has 2 aliphatic rings. The van der Waals surface area contributed by atoms with E-state index in [1.165, 1.54) is 0 Å². The Balaban J connectivity index is 1.98. The first-order valence-electron chi connectivity index (χ1n) is 6.81. The number of rotatable bonds is 3.